The van der Waals surface area contributed by atoms with Gasteiger partial charge in [-0.05, 0) is 25.1 Å². The summed E-state index contributed by atoms with van der Waals surface area (Å²) in [5, 5.41) is 6.45. The van der Waals surface area contributed by atoms with E-state index in [4.69, 9.17) is 4.98 Å². The van der Waals surface area contributed by atoms with Crippen molar-refractivity contribution in [1.82, 2.24) is 15.0 Å². The van der Waals surface area contributed by atoms with Crippen LogP contribution in [0.1, 0.15) is 11.1 Å². The standard InChI is InChI=1S/C25H19N5/c1-17-11-13-18(14-12-17)24-21-7-2-3-9-23(21)28-25(29-24)30-27-16-19-6-4-10-22-20(19)8-5-15-26-22/h2-16H,1H3,(H,28,29,30). The van der Waals surface area contributed by atoms with E-state index in [1.54, 1.807) is 12.4 Å². The molecule has 5 nitrogen and oxygen atoms in total. The Morgan fingerprint density at radius 3 is 2.47 bits per heavy atom. The Morgan fingerprint density at radius 2 is 1.57 bits per heavy atom. The molecule has 0 saturated carbocycles. The molecule has 0 spiro atoms. The summed E-state index contributed by atoms with van der Waals surface area (Å²) in [7, 11) is 0. The maximum Gasteiger partial charge on any atom is 0.244 e. The summed E-state index contributed by atoms with van der Waals surface area (Å²) in [5.41, 5.74) is 8.93. The van der Waals surface area contributed by atoms with Crippen LogP contribution in [0.25, 0.3) is 33.1 Å². The number of anilines is 1. The molecule has 30 heavy (non-hydrogen) atoms. The maximum absolute atomic E-state index is 4.75. The zero-order chi connectivity index (χ0) is 20.3. The quantitative estimate of drug-likeness (QED) is 0.321. The Balaban J connectivity index is 1.51. The van der Waals surface area contributed by atoms with E-state index in [1.807, 2.05) is 54.6 Å². The average molecular weight is 389 g/mol. The van der Waals surface area contributed by atoms with Gasteiger partial charge in [0, 0.05) is 28.1 Å². The van der Waals surface area contributed by atoms with Crippen LogP contribution in [0.2, 0.25) is 0 Å². The van der Waals surface area contributed by atoms with Crippen molar-refractivity contribution in [1.29, 1.82) is 0 Å². The molecule has 0 radical (unpaired) electrons. The van der Waals surface area contributed by atoms with E-state index in [-0.39, 0.29) is 0 Å². The van der Waals surface area contributed by atoms with Crippen molar-refractivity contribution in [3.05, 3.63) is 96.2 Å². The number of aromatic nitrogens is 3. The van der Waals surface area contributed by atoms with Crippen LogP contribution in [0.4, 0.5) is 5.95 Å². The molecule has 0 unspecified atom stereocenters. The third-order valence-corrected chi connectivity index (χ3v) is 4.98. The van der Waals surface area contributed by atoms with Gasteiger partial charge in [0.15, 0.2) is 0 Å². The molecule has 5 rings (SSSR count). The lowest BCUT2D eigenvalue weighted by Crippen LogP contribution is -2.00. The number of hydrazone groups is 1. The summed E-state index contributed by atoms with van der Waals surface area (Å²) in [6.45, 7) is 2.08. The molecule has 2 aromatic heterocycles. The molecule has 5 aromatic rings. The van der Waals surface area contributed by atoms with E-state index in [0.29, 0.717) is 5.95 Å². The summed E-state index contributed by atoms with van der Waals surface area (Å²) in [4.78, 5) is 13.8. The molecule has 1 N–H and O–H groups in total. The zero-order valence-electron chi connectivity index (χ0n) is 16.4. The Kier molecular flexibility index (Phi) is 4.62. The highest BCUT2D eigenvalue weighted by Gasteiger charge is 2.09. The fourth-order valence-electron chi connectivity index (χ4n) is 3.46. The monoisotopic (exact) mass is 389 g/mol. The highest BCUT2D eigenvalue weighted by atomic mass is 15.3. The maximum atomic E-state index is 4.75. The molecule has 0 bridgehead atoms. The van der Waals surface area contributed by atoms with Crippen LogP contribution in [-0.4, -0.2) is 21.2 Å². The van der Waals surface area contributed by atoms with Crippen LogP contribution in [-0.2, 0) is 0 Å². The average Bonchev–Trinajstić information content (AvgIpc) is 2.79. The van der Waals surface area contributed by atoms with Crippen molar-refractivity contribution in [2.24, 2.45) is 5.10 Å². The van der Waals surface area contributed by atoms with Gasteiger partial charge in [0.2, 0.25) is 5.95 Å². The molecular weight excluding hydrogens is 370 g/mol. The molecule has 3 aromatic carbocycles. The number of aryl methyl sites for hydroxylation is 1. The lowest BCUT2D eigenvalue weighted by atomic mass is 10.1. The first-order valence-electron chi connectivity index (χ1n) is 9.74. The number of hydrogen-bond donors (Lipinski definition) is 1. The largest absolute Gasteiger partial charge is 0.256 e. The van der Waals surface area contributed by atoms with Crippen molar-refractivity contribution in [2.45, 2.75) is 6.92 Å². The minimum Gasteiger partial charge on any atom is -0.256 e. The second kappa shape index (κ2) is 7.72. The summed E-state index contributed by atoms with van der Waals surface area (Å²) < 4.78 is 0. The van der Waals surface area contributed by atoms with Gasteiger partial charge < -0.3 is 0 Å². The van der Waals surface area contributed by atoms with E-state index in [0.717, 1.165) is 38.6 Å². The summed E-state index contributed by atoms with van der Waals surface area (Å²) in [5.74, 6) is 0.457. The molecule has 0 saturated heterocycles. The van der Waals surface area contributed by atoms with Gasteiger partial charge in [0.05, 0.1) is 22.9 Å². The van der Waals surface area contributed by atoms with Crippen LogP contribution < -0.4 is 5.43 Å². The minimum absolute atomic E-state index is 0.457. The van der Waals surface area contributed by atoms with Crippen LogP contribution in [0, 0.1) is 6.92 Å². The number of rotatable bonds is 4. The molecule has 144 valence electrons. The third kappa shape index (κ3) is 3.49. The number of nitrogens with one attached hydrogen (secondary N) is 1. The Bertz CT molecular complexity index is 1370. The smallest absolute Gasteiger partial charge is 0.244 e. The molecule has 0 aliphatic rings. The fraction of sp³-hybridized carbons (Fsp3) is 0.0400. The normalized spacial score (nSPS) is 11.4. The molecule has 0 fully saturated rings. The molecule has 2 heterocycles. The van der Waals surface area contributed by atoms with Crippen molar-refractivity contribution in [2.75, 3.05) is 5.43 Å². The minimum atomic E-state index is 0.457. The second-order valence-corrected chi connectivity index (χ2v) is 7.07. The van der Waals surface area contributed by atoms with Crippen LogP contribution in [0.5, 0.6) is 0 Å². The van der Waals surface area contributed by atoms with E-state index in [2.05, 4.69) is 51.7 Å². The lowest BCUT2D eigenvalue weighted by Gasteiger charge is -2.09. The second-order valence-electron chi connectivity index (χ2n) is 7.07. The Morgan fingerprint density at radius 1 is 0.767 bits per heavy atom. The number of nitrogens with zero attached hydrogens (tertiary/aromatic N) is 4. The van der Waals surface area contributed by atoms with Gasteiger partial charge in [-0.15, -0.1) is 0 Å². The molecule has 0 aliphatic carbocycles. The first-order chi connectivity index (χ1) is 14.8. The first kappa shape index (κ1) is 17.9. The molecular formula is C25H19N5. The van der Waals surface area contributed by atoms with Gasteiger partial charge in [-0.25, -0.2) is 15.4 Å². The van der Waals surface area contributed by atoms with Gasteiger partial charge in [0.25, 0.3) is 0 Å². The van der Waals surface area contributed by atoms with Crippen LogP contribution in [0.15, 0.2) is 90.2 Å². The van der Waals surface area contributed by atoms with Crippen LogP contribution in [0.3, 0.4) is 0 Å². The Hall–Kier alpha value is -4.12. The zero-order valence-corrected chi connectivity index (χ0v) is 16.4. The van der Waals surface area contributed by atoms with E-state index in [9.17, 15) is 0 Å². The number of hydrogen-bond acceptors (Lipinski definition) is 5. The van der Waals surface area contributed by atoms with E-state index < -0.39 is 0 Å². The van der Waals surface area contributed by atoms with Gasteiger partial charge in [0.1, 0.15) is 0 Å². The number of para-hydroxylation sites is 1. The van der Waals surface area contributed by atoms with Crippen LogP contribution >= 0.6 is 0 Å². The van der Waals surface area contributed by atoms with Crippen molar-refractivity contribution >= 4 is 34.0 Å². The van der Waals surface area contributed by atoms with Gasteiger partial charge in [-0.2, -0.15) is 5.10 Å². The topological polar surface area (TPSA) is 63.1 Å². The predicted molar refractivity (Wildman–Crippen MR) is 123 cm³/mol. The summed E-state index contributed by atoms with van der Waals surface area (Å²) >= 11 is 0. The van der Waals surface area contributed by atoms with E-state index in [1.165, 1.54) is 5.56 Å². The van der Waals surface area contributed by atoms with Gasteiger partial charge in [-0.1, -0.05) is 66.2 Å². The lowest BCUT2D eigenvalue weighted by molar-refractivity contribution is 1.16. The first-order valence-corrected chi connectivity index (χ1v) is 9.74. The number of benzene rings is 3. The molecule has 0 aliphatic heterocycles. The molecule has 0 amide bonds. The third-order valence-electron chi connectivity index (χ3n) is 4.98. The summed E-state index contributed by atoms with van der Waals surface area (Å²) in [6.07, 6.45) is 3.56. The fourth-order valence-corrected chi connectivity index (χ4v) is 3.46. The highest BCUT2D eigenvalue weighted by Crippen LogP contribution is 2.27. The highest BCUT2D eigenvalue weighted by molar-refractivity contribution is 5.98. The van der Waals surface area contributed by atoms with E-state index >= 15 is 0 Å². The van der Waals surface area contributed by atoms with Crippen molar-refractivity contribution in [3.8, 4) is 11.3 Å². The molecule has 5 heteroatoms. The summed E-state index contributed by atoms with van der Waals surface area (Å²) in [6, 6.07) is 26.3. The van der Waals surface area contributed by atoms with Crippen molar-refractivity contribution in [3.63, 3.8) is 0 Å². The van der Waals surface area contributed by atoms with Crippen molar-refractivity contribution < 1.29 is 0 Å². The number of pyridine rings is 1. The van der Waals surface area contributed by atoms with Gasteiger partial charge >= 0.3 is 0 Å². The van der Waals surface area contributed by atoms with Gasteiger partial charge in [-0.3, -0.25) is 4.98 Å². The SMILES string of the molecule is Cc1ccc(-c2nc(NN=Cc3cccc4ncccc34)nc3ccccc23)cc1. The number of fused-ring (bicyclic) bond motifs is 2. The predicted octanol–water partition coefficient (Wildman–Crippen LogP) is 5.60. The Labute approximate surface area is 174 Å². The molecule has 0 atom stereocenters.